The van der Waals surface area contributed by atoms with Crippen molar-refractivity contribution in [3.05, 3.63) is 83.0 Å². The van der Waals surface area contributed by atoms with Crippen LogP contribution < -0.4 is 10.2 Å². The van der Waals surface area contributed by atoms with Gasteiger partial charge in [0.1, 0.15) is 5.82 Å². The molecule has 0 saturated heterocycles. The lowest BCUT2D eigenvalue weighted by Crippen LogP contribution is -2.31. The van der Waals surface area contributed by atoms with Crippen LogP contribution in [0, 0.1) is 6.92 Å². The zero-order valence-corrected chi connectivity index (χ0v) is 16.4. The van der Waals surface area contributed by atoms with Crippen molar-refractivity contribution in [3.63, 3.8) is 0 Å². The summed E-state index contributed by atoms with van der Waals surface area (Å²) in [7, 11) is 0. The van der Waals surface area contributed by atoms with Crippen LogP contribution in [0.5, 0.6) is 0 Å². The number of anilines is 1. The number of aryl methyl sites for hydroxylation is 2. The molecule has 2 heterocycles. The first-order valence-corrected chi connectivity index (χ1v) is 9.84. The van der Waals surface area contributed by atoms with E-state index in [1.807, 2.05) is 68.4 Å². The molecule has 4 rings (SSSR count). The Balaban J connectivity index is 1.41. The highest BCUT2D eigenvalue weighted by Gasteiger charge is 2.19. The van der Waals surface area contributed by atoms with Gasteiger partial charge in [-0.15, -0.1) is 0 Å². The summed E-state index contributed by atoms with van der Waals surface area (Å²) < 4.78 is 2.09. The summed E-state index contributed by atoms with van der Waals surface area (Å²) in [4.78, 5) is 14.9. The van der Waals surface area contributed by atoms with Crippen molar-refractivity contribution >= 4 is 11.7 Å². The zero-order valence-electron chi connectivity index (χ0n) is 16.4. The van der Waals surface area contributed by atoms with Gasteiger partial charge in [0.05, 0.1) is 11.7 Å². The van der Waals surface area contributed by atoms with Gasteiger partial charge in [-0.05, 0) is 43.5 Å². The Bertz CT molecular complexity index is 946. The molecule has 2 aromatic carbocycles. The lowest BCUT2D eigenvalue weighted by atomic mass is 10.1. The van der Waals surface area contributed by atoms with E-state index in [1.54, 1.807) is 0 Å². The maximum absolute atomic E-state index is 12.6. The average molecular weight is 374 g/mol. The minimum atomic E-state index is -0.0467. The average Bonchev–Trinajstić information content (AvgIpc) is 3.10. The molecule has 0 spiro atoms. The highest BCUT2D eigenvalue weighted by atomic mass is 16.1. The maximum atomic E-state index is 12.6. The first kappa shape index (κ1) is 18.3. The van der Waals surface area contributed by atoms with E-state index in [0.717, 1.165) is 37.3 Å². The third-order valence-corrected chi connectivity index (χ3v) is 5.24. The van der Waals surface area contributed by atoms with Gasteiger partial charge in [-0.3, -0.25) is 4.79 Å². The number of carbonyl (C=O) groups is 1. The summed E-state index contributed by atoms with van der Waals surface area (Å²) in [6.45, 7) is 6.88. The fourth-order valence-corrected chi connectivity index (χ4v) is 3.72. The first-order valence-electron chi connectivity index (χ1n) is 9.84. The number of benzene rings is 2. The number of hydrogen-bond acceptors (Lipinski definition) is 3. The molecule has 0 unspecified atom stereocenters. The number of fused-ring (bicyclic) bond motifs is 1. The van der Waals surface area contributed by atoms with Gasteiger partial charge in [0.2, 0.25) is 0 Å². The van der Waals surface area contributed by atoms with E-state index in [1.165, 1.54) is 11.4 Å². The second kappa shape index (κ2) is 7.89. The lowest BCUT2D eigenvalue weighted by Gasteiger charge is -2.29. The van der Waals surface area contributed by atoms with E-state index in [9.17, 15) is 4.79 Å². The number of nitrogens with zero attached hydrogens (tertiary/aromatic N) is 3. The van der Waals surface area contributed by atoms with Gasteiger partial charge in [0, 0.05) is 31.3 Å². The summed E-state index contributed by atoms with van der Waals surface area (Å²) in [5.74, 6) is 1.14. The van der Waals surface area contributed by atoms with Crippen molar-refractivity contribution < 1.29 is 4.79 Å². The van der Waals surface area contributed by atoms with Gasteiger partial charge in [-0.2, -0.15) is 5.10 Å². The molecule has 1 N–H and O–H groups in total. The Kier molecular flexibility index (Phi) is 5.15. The summed E-state index contributed by atoms with van der Waals surface area (Å²) in [6.07, 6.45) is 1.10. The smallest absolute Gasteiger partial charge is 0.251 e. The van der Waals surface area contributed by atoms with Crippen molar-refractivity contribution in [1.29, 1.82) is 0 Å². The van der Waals surface area contributed by atoms with Crippen LogP contribution in [0.2, 0.25) is 0 Å². The minimum Gasteiger partial charge on any atom is -0.352 e. The van der Waals surface area contributed by atoms with Crippen LogP contribution in [0.15, 0.2) is 60.7 Å². The molecule has 144 valence electrons. The monoisotopic (exact) mass is 374 g/mol. The topological polar surface area (TPSA) is 50.2 Å². The van der Waals surface area contributed by atoms with Crippen LogP contribution in [-0.2, 0) is 13.1 Å². The molecule has 0 bridgehead atoms. The van der Waals surface area contributed by atoms with E-state index in [0.29, 0.717) is 5.56 Å². The zero-order chi connectivity index (χ0) is 19.5. The molecule has 1 amide bonds. The second-order valence-electron chi connectivity index (χ2n) is 7.44. The van der Waals surface area contributed by atoms with Gasteiger partial charge in [0.15, 0.2) is 0 Å². The highest BCUT2D eigenvalue weighted by molar-refractivity contribution is 5.94. The summed E-state index contributed by atoms with van der Waals surface area (Å²) in [5, 5.41) is 7.62. The highest BCUT2D eigenvalue weighted by Crippen LogP contribution is 2.23. The molecule has 1 aromatic heterocycles. The van der Waals surface area contributed by atoms with Crippen LogP contribution in [0.4, 0.5) is 5.82 Å². The van der Waals surface area contributed by atoms with Crippen molar-refractivity contribution in [2.45, 2.75) is 39.4 Å². The van der Waals surface area contributed by atoms with Crippen LogP contribution in [0.1, 0.15) is 46.6 Å². The molecule has 3 aromatic rings. The van der Waals surface area contributed by atoms with E-state index < -0.39 is 0 Å². The molecule has 1 atom stereocenters. The molecule has 5 heteroatoms. The summed E-state index contributed by atoms with van der Waals surface area (Å²) >= 11 is 0. The Morgan fingerprint density at radius 3 is 2.61 bits per heavy atom. The van der Waals surface area contributed by atoms with E-state index in [2.05, 4.69) is 26.1 Å². The normalized spacial score (nSPS) is 14.4. The first-order chi connectivity index (χ1) is 13.6. The molecule has 0 fully saturated rings. The van der Waals surface area contributed by atoms with Crippen LogP contribution >= 0.6 is 0 Å². The van der Waals surface area contributed by atoms with E-state index in [-0.39, 0.29) is 11.9 Å². The van der Waals surface area contributed by atoms with Crippen LogP contribution in [-0.4, -0.2) is 22.2 Å². The molecule has 0 aliphatic carbocycles. The second-order valence-corrected chi connectivity index (χ2v) is 7.44. The van der Waals surface area contributed by atoms with E-state index in [4.69, 9.17) is 0 Å². The number of hydrogen-bond donors (Lipinski definition) is 1. The molecule has 28 heavy (non-hydrogen) atoms. The van der Waals surface area contributed by atoms with Gasteiger partial charge in [-0.1, -0.05) is 42.5 Å². The fourth-order valence-electron chi connectivity index (χ4n) is 3.72. The van der Waals surface area contributed by atoms with Crippen molar-refractivity contribution in [2.75, 3.05) is 11.4 Å². The largest absolute Gasteiger partial charge is 0.352 e. The quantitative estimate of drug-likeness (QED) is 0.732. The third-order valence-electron chi connectivity index (χ3n) is 5.24. The Morgan fingerprint density at radius 2 is 1.86 bits per heavy atom. The number of rotatable bonds is 5. The van der Waals surface area contributed by atoms with Gasteiger partial charge in [0.25, 0.3) is 5.91 Å². The van der Waals surface area contributed by atoms with Gasteiger partial charge < -0.3 is 10.2 Å². The Labute approximate surface area is 166 Å². The lowest BCUT2D eigenvalue weighted by molar-refractivity contribution is 0.0940. The van der Waals surface area contributed by atoms with Crippen LogP contribution in [0.3, 0.4) is 0 Å². The van der Waals surface area contributed by atoms with Gasteiger partial charge in [-0.25, -0.2) is 4.68 Å². The third kappa shape index (κ3) is 3.93. The molecule has 5 nitrogen and oxygen atoms in total. The van der Waals surface area contributed by atoms with Crippen LogP contribution in [0.25, 0.3) is 0 Å². The number of aromatic nitrogens is 2. The minimum absolute atomic E-state index is 0.0229. The standard InChI is InChI=1S/C23H26N4O/c1-17-15-22-26(13-6-14-27(22)25-17)16-19-9-11-21(12-10-19)23(28)24-18(2)20-7-4-3-5-8-20/h3-5,7-12,15,18H,6,13-14,16H2,1-2H3,(H,24,28)/t18-/m1/s1. The Hall–Kier alpha value is -3.08. The fraction of sp³-hybridized carbons (Fsp3) is 0.304. The molecule has 0 saturated carbocycles. The number of carbonyl (C=O) groups excluding carboxylic acids is 1. The van der Waals surface area contributed by atoms with Crippen molar-refractivity contribution in [1.82, 2.24) is 15.1 Å². The van der Waals surface area contributed by atoms with E-state index >= 15 is 0 Å². The predicted molar refractivity (Wildman–Crippen MR) is 111 cm³/mol. The van der Waals surface area contributed by atoms with Gasteiger partial charge >= 0.3 is 0 Å². The van der Waals surface area contributed by atoms with Crippen molar-refractivity contribution in [3.8, 4) is 0 Å². The number of nitrogens with one attached hydrogen (secondary N) is 1. The molecule has 1 aliphatic heterocycles. The number of amides is 1. The molecule has 0 radical (unpaired) electrons. The molecular formula is C23H26N4O. The maximum Gasteiger partial charge on any atom is 0.251 e. The predicted octanol–water partition coefficient (Wildman–Crippen LogP) is 4.09. The summed E-state index contributed by atoms with van der Waals surface area (Å²) in [5.41, 5.74) is 4.04. The molecular weight excluding hydrogens is 348 g/mol. The Morgan fingerprint density at radius 1 is 1.11 bits per heavy atom. The summed E-state index contributed by atoms with van der Waals surface area (Å²) in [6, 6.07) is 20.0. The SMILES string of the molecule is Cc1cc2n(n1)CCCN2Cc1ccc(C(=O)N[C@H](C)c2ccccc2)cc1. The molecule has 1 aliphatic rings. The van der Waals surface area contributed by atoms with Crippen molar-refractivity contribution in [2.24, 2.45) is 0 Å².